The standard InChI is InChI=1S/C15H12N2O/c1-17-10-16-14-8-13(6-7-15(14)17)12-4-2-11(9-18)3-5-12/h2-10H,1H3. The summed E-state index contributed by atoms with van der Waals surface area (Å²) in [5.74, 6) is 0. The molecule has 0 fully saturated rings. The third-order valence-electron chi connectivity index (χ3n) is 3.11. The molecule has 18 heavy (non-hydrogen) atoms. The van der Waals surface area contributed by atoms with Gasteiger partial charge >= 0.3 is 0 Å². The molecular weight excluding hydrogens is 224 g/mol. The highest BCUT2D eigenvalue weighted by Crippen LogP contribution is 2.23. The van der Waals surface area contributed by atoms with Crippen LogP contribution in [-0.4, -0.2) is 15.8 Å². The normalized spacial score (nSPS) is 10.7. The zero-order valence-corrected chi connectivity index (χ0v) is 10.00. The zero-order valence-electron chi connectivity index (χ0n) is 10.00. The van der Waals surface area contributed by atoms with Crippen molar-refractivity contribution >= 4 is 17.3 Å². The first-order valence-electron chi connectivity index (χ1n) is 5.74. The van der Waals surface area contributed by atoms with Gasteiger partial charge in [0, 0.05) is 12.6 Å². The number of benzene rings is 2. The lowest BCUT2D eigenvalue weighted by molar-refractivity contribution is 0.112. The maximum atomic E-state index is 10.6. The molecule has 0 unspecified atom stereocenters. The van der Waals surface area contributed by atoms with Crippen LogP contribution in [0.4, 0.5) is 0 Å². The topological polar surface area (TPSA) is 34.9 Å². The Morgan fingerprint density at radius 2 is 1.78 bits per heavy atom. The first-order chi connectivity index (χ1) is 8.78. The largest absolute Gasteiger partial charge is 0.334 e. The minimum Gasteiger partial charge on any atom is -0.334 e. The third kappa shape index (κ3) is 1.70. The number of aromatic nitrogens is 2. The van der Waals surface area contributed by atoms with E-state index in [9.17, 15) is 4.79 Å². The van der Waals surface area contributed by atoms with E-state index < -0.39 is 0 Å². The first kappa shape index (κ1) is 10.7. The summed E-state index contributed by atoms with van der Waals surface area (Å²) in [7, 11) is 1.98. The van der Waals surface area contributed by atoms with E-state index in [0.717, 1.165) is 28.4 Å². The van der Waals surface area contributed by atoms with Gasteiger partial charge in [0.15, 0.2) is 0 Å². The second-order valence-corrected chi connectivity index (χ2v) is 4.30. The highest BCUT2D eigenvalue weighted by Gasteiger charge is 2.03. The van der Waals surface area contributed by atoms with Crippen LogP contribution in [-0.2, 0) is 7.05 Å². The van der Waals surface area contributed by atoms with Gasteiger partial charge in [0.05, 0.1) is 17.4 Å². The van der Waals surface area contributed by atoms with Gasteiger partial charge in [-0.3, -0.25) is 4.79 Å². The zero-order chi connectivity index (χ0) is 12.5. The molecule has 0 bridgehead atoms. The second-order valence-electron chi connectivity index (χ2n) is 4.30. The van der Waals surface area contributed by atoms with Crippen LogP contribution in [0, 0.1) is 0 Å². The highest BCUT2D eigenvalue weighted by molar-refractivity contribution is 5.83. The highest BCUT2D eigenvalue weighted by atomic mass is 16.1. The molecule has 0 aliphatic carbocycles. The van der Waals surface area contributed by atoms with Crippen molar-refractivity contribution in [3.8, 4) is 11.1 Å². The van der Waals surface area contributed by atoms with Gasteiger partial charge in [-0.1, -0.05) is 30.3 Å². The van der Waals surface area contributed by atoms with Crippen LogP contribution in [0.25, 0.3) is 22.2 Å². The van der Waals surface area contributed by atoms with Gasteiger partial charge in [0.25, 0.3) is 0 Å². The fraction of sp³-hybridized carbons (Fsp3) is 0.0667. The summed E-state index contributed by atoms with van der Waals surface area (Å²) >= 11 is 0. The monoisotopic (exact) mass is 236 g/mol. The van der Waals surface area contributed by atoms with E-state index in [2.05, 4.69) is 23.2 Å². The van der Waals surface area contributed by atoms with Crippen molar-refractivity contribution in [2.45, 2.75) is 0 Å². The lowest BCUT2D eigenvalue weighted by atomic mass is 10.0. The smallest absolute Gasteiger partial charge is 0.150 e. The van der Waals surface area contributed by atoms with Gasteiger partial charge in [0.2, 0.25) is 0 Å². The van der Waals surface area contributed by atoms with Crippen LogP contribution in [0.2, 0.25) is 0 Å². The van der Waals surface area contributed by atoms with E-state index in [4.69, 9.17) is 0 Å². The molecule has 0 atom stereocenters. The van der Waals surface area contributed by atoms with E-state index >= 15 is 0 Å². The van der Waals surface area contributed by atoms with Gasteiger partial charge in [-0.2, -0.15) is 0 Å². The number of carbonyl (C=O) groups is 1. The lowest BCUT2D eigenvalue weighted by Crippen LogP contribution is -1.84. The molecule has 0 N–H and O–H groups in total. The quantitative estimate of drug-likeness (QED) is 0.641. The molecule has 0 spiro atoms. The Bertz CT molecular complexity index is 711. The number of rotatable bonds is 2. The molecule has 0 aliphatic heterocycles. The predicted octanol–water partition coefficient (Wildman–Crippen LogP) is 3.05. The van der Waals surface area contributed by atoms with Crippen LogP contribution in [0.5, 0.6) is 0 Å². The average molecular weight is 236 g/mol. The van der Waals surface area contributed by atoms with Gasteiger partial charge in [-0.05, 0) is 23.3 Å². The number of hydrogen-bond acceptors (Lipinski definition) is 2. The summed E-state index contributed by atoms with van der Waals surface area (Å²) in [6.45, 7) is 0. The molecule has 1 heterocycles. The SMILES string of the molecule is Cn1cnc2cc(-c3ccc(C=O)cc3)ccc21. The molecule has 0 saturated carbocycles. The predicted molar refractivity (Wildman–Crippen MR) is 71.5 cm³/mol. The van der Waals surface area contributed by atoms with E-state index in [1.807, 2.05) is 42.2 Å². The molecule has 0 radical (unpaired) electrons. The molecule has 3 rings (SSSR count). The van der Waals surface area contributed by atoms with Crippen molar-refractivity contribution in [1.29, 1.82) is 0 Å². The lowest BCUT2D eigenvalue weighted by Gasteiger charge is -2.02. The molecule has 3 aromatic rings. The minimum atomic E-state index is 0.692. The van der Waals surface area contributed by atoms with Crippen molar-refractivity contribution in [3.63, 3.8) is 0 Å². The van der Waals surface area contributed by atoms with Crippen LogP contribution in [0.3, 0.4) is 0 Å². The molecule has 0 saturated heterocycles. The molecule has 3 heteroatoms. The summed E-state index contributed by atoms with van der Waals surface area (Å²) in [4.78, 5) is 15.0. The van der Waals surface area contributed by atoms with Crippen molar-refractivity contribution in [2.24, 2.45) is 7.05 Å². The molecule has 1 aromatic heterocycles. The van der Waals surface area contributed by atoms with Crippen LogP contribution in [0.1, 0.15) is 10.4 Å². The molecule has 0 aliphatic rings. The summed E-state index contributed by atoms with van der Waals surface area (Å²) in [6.07, 6.45) is 2.66. The Hall–Kier alpha value is -2.42. The maximum absolute atomic E-state index is 10.6. The number of fused-ring (bicyclic) bond motifs is 1. The van der Waals surface area contributed by atoms with Crippen LogP contribution >= 0.6 is 0 Å². The maximum Gasteiger partial charge on any atom is 0.150 e. The van der Waals surface area contributed by atoms with Crippen molar-refractivity contribution in [3.05, 3.63) is 54.4 Å². The van der Waals surface area contributed by atoms with E-state index in [0.29, 0.717) is 5.56 Å². The number of aryl methyl sites for hydroxylation is 1. The van der Waals surface area contributed by atoms with Crippen LogP contribution in [0.15, 0.2) is 48.8 Å². The molecular formula is C15H12N2O. The number of carbonyl (C=O) groups excluding carboxylic acids is 1. The van der Waals surface area contributed by atoms with Crippen molar-refractivity contribution in [1.82, 2.24) is 9.55 Å². The van der Waals surface area contributed by atoms with E-state index in [-0.39, 0.29) is 0 Å². The van der Waals surface area contributed by atoms with Gasteiger partial charge in [-0.25, -0.2) is 4.98 Å². The Morgan fingerprint density at radius 3 is 2.50 bits per heavy atom. The van der Waals surface area contributed by atoms with E-state index in [1.54, 1.807) is 0 Å². The van der Waals surface area contributed by atoms with Crippen LogP contribution < -0.4 is 0 Å². The summed E-state index contributed by atoms with van der Waals surface area (Å²) in [5.41, 5.74) is 4.99. The molecule has 0 amide bonds. The Morgan fingerprint density at radius 1 is 1.06 bits per heavy atom. The van der Waals surface area contributed by atoms with Crippen molar-refractivity contribution < 1.29 is 4.79 Å². The number of nitrogens with zero attached hydrogens (tertiary/aromatic N) is 2. The van der Waals surface area contributed by atoms with Gasteiger partial charge in [0.1, 0.15) is 6.29 Å². The Balaban J connectivity index is 2.09. The summed E-state index contributed by atoms with van der Waals surface area (Å²) < 4.78 is 1.99. The van der Waals surface area contributed by atoms with Crippen molar-refractivity contribution in [2.75, 3.05) is 0 Å². The Kier molecular flexibility index (Phi) is 2.45. The van der Waals surface area contributed by atoms with Gasteiger partial charge < -0.3 is 4.57 Å². The molecule has 88 valence electrons. The second kappa shape index (κ2) is 4.11. The number of imidazole rings is 1. The average Bonchev–Trinajstić information content (AvgIpc) is 2.80. The fourth-order valence-corrected chi connectivity index (χ4v) is 2.07. The summed E-state index contributed by atoms with van der Waals surface area (Å²) in [6, 6.07) is 13.7. The van der Waals surface area contributed by atoms with E-state index in [1.165, 1.54) is 0 Å². The number of hydrogen-bond donors (Lipinski definition) is 0. The first-order valence-corrected chi connectivity index (χ1v) is 5.74. The number of aldehydes is 1. The third-order valence-corrected chi connectivity index (χ3v) is 3.11. The fourth-order valence-electron chi connectivity index (χ4n) is 2.07. The van der Waals surface area contributed by atoms with Gasteiger partial charge in [-0.15, -0.1) is 0 Å². The minimum absolute atomic E-state index is 0.692. The molecule has 2 aromatic carbocycles. The summed E-state index contributed by atoms with van der Waals surface area (Å²) in [5, 5.41) is 0. The molecule has 3 nitrogen and oxygen atoms in total. The Labute approximate surface area is 105 Å².